The van der Waals surface area contributed by atoms with Crippen molar-refractivity contribution >= 4 is 27.3 Å². The van der Waals surface area contributed by atoms with Crippen molar-refractivity contribution in [3.8, 4) is 0 Å². The zero-order valence-corrected chi connectivity index (χ0v) is 13.0. The van der Waals surface area contributed by atoms with E-state index >= 15 is 0 Å². The molecule has 1 saturated carbocycles. The zero-order chi connectivity index (χ0) is 14.6. The normalized spacial score (nSPS) is 17.2. The first-order valence-electron chi connectivity index (χ1n) is 7.04. The third-order valence-electron chi connectivity index (χ3n) is 3.84. The van der Waals surface area contributed by atoms with Gasteiger partial charge in [-0.05, 0) is 24.5 Å². The maximum absolute atomic E-state index is 12.2. The van der Waals surface area contributed by atoms with E-state index < -0.39 is 10.0 Å². The Morgan fingerprint density at radius 1 is 1.25 bits per heavy atom. The summed E-state index contributed by atoms with van der Waals surface area (Å²) in [4.78, 5) is -0.00897. The smallest absolute Gasteiger partial charge is 0.244 e. The van der Waals surface area contributed by atoms with Gasteiger partial charge in [-0.15, -0.1) is 0 Å². The van der Waals surface area contributed by atoms with Crippen LogP contribution in [0, 0.1) is 5.92 Å². The molecule has 112 valence electrons. The lowest BCUT2D eigenvalue weighted by Crippen LogP contribution is -2.27. The Labute approximate surface area is 125 Å². The van der Waals surface area contributed by atoms with Crippen molar-refractivity contribution in [2.75, 3.05) is 12.3 Å². The van der Waals surface area contributed by atoms with Crippen LogP contribution in [-0.4, -0.2) is 15.0 Å². The SMILES string of the molecule is Nc1cccc(Cl)c1S(=O)(=O)NCCC1CCCCC1. The van der Waals surface area contributed by atoms with Crippen molar-refractivity contribution in [2.24, 2.45) is 5.92 Å². The fourth-order valence-electron chi connectivity index (χ4n) is 2.75. The van der Waals surface area contributed by atoms with Crippen molar-refractivity contribution < 1.29 is 8.42 Å². The number of sulfonamides is 1. The van der Waals surface area contributed by atoms with Gasteiger partial charge in [-0.2, -0.15) is 0 Å². The lowest BCUT2D eigenvalue weighted by molar-refractivity contribution is 0.339. The molecule has 1 aromatic carbocycles. The van der Waals surface area contributed by atoms with Gasteiger partial charge in [-0.3, -0.25) is 0 Å². The summed E-state index contributed by atoms with van der Waals surface area (Å²) in [6.45, 7) is 0.442. The molecule has 0 bridgehead atoms. The van der Waals surface area contributed by atoms with Crippen molar-refractivity contribution in [3.63, 3.8) is 0 Å². The molecule has 0 heterocycles. The Hall–Kier alpha value is -0.780. The van der Waals surface area contributed by atoms with E-state index in [9.17, 15) is 8.42 Å². The summed E-state index contributed by atoms with van der Waals surface area (Å²) in [6, 6.07) is 4.72. The minimum absolute atomic E-state index is 0.00897. The standard InChI is InChI=1S/C14H21ClN2O2S/c15-12-7-4-8-13(16)14(12)20(18,19)17-10-9-11-5-2-1-3-6-11/h4,7-8,11,17H,1-3,5-6,9-10,16H2. The Morgan fingerprint density at radius 3 is 2.60 bits per heavy atom. The third kappa shape index (κ3) is 3.87. The molecule has 1 fully saturated rings. The molecule has 1 aliphatic carbocycles. The van der Waals surface area contributed by atoms with Gasteiger partial charge in [0.1, 0.15) is 4.90 Å². The molecule has 1 aliphatic rings. The summed E-state index contributed by atoms with van der Waals surface area (Å²) in [5, 5.41) is 0.162. The minimum atomic E-state index is -3.63. The van der Waals surface area contributed by atoms with Crippen LogP contribution in [0.3, 0.4) is 0 Å². The van der Waals surface area contributed by atoms with Gasteiger partial charge in [-0.25, -0.2) is 13.1 Å². The number of hydrogen-bond donors (Lipinski definition) is 2. The highest BCUT2D eigenvalue weighted by atomic mass is 35.5. The fraction of sp³-hybridized carbons (Fsp3) is 0.571. The number of benzene rings is 1. The highest BCUT2D eigenvalue weighted by Crippen LogP contribution is 2.28. The maximum atomic E-state index is 12.2. The average Bonchev–Trinajstić information content (AvgIpc) is 2.39. The molecule has 1 aromatic rings. The quantitative estimate of drug-likeness (QED) is 0.819. The highest BCUT2D eigenvalue weighted by Gasteiger charge is 2.21. The molecule has 0 aromatic heterocycles. The highest BCUT2D eigenvalue weighted by molar-refractivity contribution is 7.89. The van der Waals surface area contributed by atoms with Gasteiger partial charge in [0.05, 0.1) is 10.7 Å². The number of nitrogens with one attached hydrogen (secondary N) is 1. The van der Waals surface area contributed by atoms with E-state index in [0.717, 1.165) is 6.42 Å². The molecule has 6 heteroatoms. The van der Waals surface area contributed by atoms with Crippen LogP contribution in [0.2, 0.25) is 5.02 Å². The summed E-state index contributed by atoms with van der Waals surface area (Å²) in [5.74, 6) is 0.634. The van der Waals surface area contributed by atoms with Gasteiger partial charge < -0.3 is 5.73 Å². The summed E-state index contributed by atoms with van der Waals surface area (Å²) in [6.07, 6.45) is 7.11. The van der Waals surface area contributed by atoms with Gasteiger partial charge in [-0.1, -0.05) is 49.8 Å². The summed E-state index contributed by atoms with van der Waals surface area (Å²) in [7, 11) is -3.63. The Balaban J connectivity index is 1.97. The fourth-order valence-corrected chi connectivity index (χ4v) is 4.48. The van der Waals surface area contributed by atoms with E-state index in [1.807, 2.05) is 0 Å². The van der Waals surface area contributed by atoms with Gasteiger partial charge in [0.2, 0.25) is 10.0 Å². The topological polar surface area (TPSA) is 72.2 Å². The average molecular weight is 317 g/mol. The van der Waals surface area contributed by atoms with Crippen LogP contribution >= 0.6 is 11.6 Å². The molecular formula is C14H21ClN2O2S. The molecule has 20 heavy (non-hydrogen) atoms. The van der Waals surface area contributed by atoms with E-state index in [0.29, 0.717) is 12.5 Å². The molecule has 4 nitrogen and oxygen atoms in total. The van der Waals surface area contributed by atoms with E-state index in [1.165, 1.54) is 38.2 Å². The summed E-state index contributed by atoms with van der Waals surface area (Å²) >= 11 is 5.94. The molecule has 0 atom stereocenters. The second-order valence-electron chi connectivity index (χ2n) is 5.35. The first-order valence-corrected chi connectivity index (χ1v) is 8.90. The molecule has 0 amide bonds. The minimum Gasteiger partial charge on any atom is -0.398 e. The van der Waals surface area contributed by atoms with E-state index in [2.05, 4.69) is 4.72 Å². The number of anilines is 1. The van der Waals surface area contributed by atoms with Crippen LogP contribution < -0.4 is 10.5 Å². The largest absolute Gasteiger partial charge is 0.398 e. The second kappa shape index (κ2) is 6.78. The first kappa shape index (κ1) is 15.6. The van der Waals surface area contributed by atoms with Crippen molar-refractivity contribution in [2.45, 2.75) is 43.4 Å². The maximum Gasteiger partial charge on any atom is 0.244 e. The lowest BCUT2D eigenvalue weighted by Gasteiger charge is -2.21. The van der Waals surface area contributed by atoms with Crippen molar-refractivity contribution in [1.29, 1.82) is 0 Å². The summed E-state index contributed by atoms with van der Waals surface area (Å²) < 4.78 is 27.1. The van der Waals surface area contributed by atoms with Gasteiger partial charge in [0, 0.05) is 6.54 Å². The zero-order valence-electron chi connectivity index (χ0n) is 11.4. The lowest BCUT2D eigenvalue weighted by atomic mass is 9.87. The molecule has 0 aliphatic heterocycles. The predicted molar refractivity (Wildman–Crippen MR) is 82.2 cm³/mol. The molecule has 2 rings (SSSR count). The van der Waals surface area contributed by atoms with Crippen LogP contribution in [0.5, 0.6) is 0 Å². The van der Waals surface area contributed by atoms with Gasteiger partial charge in [0.25, 0.3) is 0 Å². The Morgan fingerprint density at radius 2 is 1.95 bits per heavy atom. The molecule has 0 radical (unpaired) electrons. The molecule has 0 unspecified atom stereocenters. The number of halogens is 1. The van der Waals surface area contributed by atoms with Crippen LogP contribution in [0.4, 0.5) is 5.69 Å². The molecule has 0 spiro atoms. The molecule has 0 saturated heterocycles. The first-order chi connectivity index (χ1) is 9.50. The monoisotopic (exact) mass is 316 g/mol. The molecule has 3 N–H and O–H groups in total. The number of nitrogen functional groups attached to an aromatic ring is 1. The predicted octanol–water partition coefficient (Wildman–Crippen LogP) is 3.17. The number of rotatable bonds is 5. The van der Waals surface area contributed by atoms with Gasteiger partial charge in [0.15, 0.2) is 0 Å². The summed E-state index contributed by atoms with van der Waals surface area (Å²) in [5.41, 5.74) is 5.90. The van der Waals surface area contributed by atoms with Crippen molar-refractivity contribution in [3.05, 3.63) is 23.2 Å². The van der Waals surface area contributed by atoms with Crippen LogP contribution in [-0.2, 0) is 10.0 Å². The second-order valence-corrected chi connectivity index (χ2v) is 7.46. The van der Waals surface area contributed by atoms with Crippen LogP contribution in [0.25, 0.3) is 0 Å². The van der Waals surface area contributed by atoms with E-state index in [-0.39, 0.29) is 15.6 Å². The van der Waals surface area contributed by atoms with Crippen LogP contribution in [0.15, 0.2) is 23.1 Å². The van der Waals surface area contributed by atoms with Crippen molar-refractivity contribution in [1.82, 2.24) is 4.72 Å². The van der Waals surface area contributed by atoms with E-state index in [4.69, 9.17) is 17.3 Å². The molecular weight excluding hydrogens is 296 g/mol. The number of hydrogen-bond acceptors (Lipinski definition) is 3. The van der Waals surface area contributed by atoms with Gasteiger partial charge >= 0.3 is 0 Å². The van der Waals surface area contributed by atoms with Crippen LogP contribution in [0.1, 0.15) is 38.5 Å². The van der Waals surface area contributed by atoms with E-state index in [1.54, 1.807) is 12.1 Å². The number of nitrogens with two attached hydrogens (primary N) is 1. The Bertz CT molecular complexity index is 534. The Kier molecular flexibility index (Phi) is 5.29. The third-order valence-corrected chi connectivity index (χ3v) is 5.84.